The summed E-state index contributed by atoms with van der Waals surface area (Å²) in [6.45, 7) is 6.47. The number of benzene rings is 1. The second-order valence-corrected chi connectivity index (χ2v) is 6.09. The van der Waals surface area contributed by atoms with Crippen LogP contribution in [0.1, 0.15) is 18.9 Å². The maximum atomic E-state index is 13.7. The van der Waals surface area contributed by atoms with E-state index in [4.69, 9.17) is 4.74 Å². The minimum atomic E-state index is -0.344. The summed E-state index contributed by atoms with van der Waals surface area (Å²) in [6.07, 6.45) is 0.205. The van der Waals surface area contributed by atoms with E-state index >= 15 is 0 Å². The number of halogens is 1. The Morgan fingerprint density at radius 2 is 2.00 bits per heavy atom. The Bertz CT molecular complexity index is 576. The number of nitrogens with one attached hydrogen (secondary N) is 1. The number of hydrogen-bond acceptors (Lipinski definition) is 4. The van der Waals surface area contributed by atoms with Crippen molar-refractivity contribution in [3.05, 3.63) is 35.6 Å². The first-order chi connectivity index (χ1) is 12.1. The SMILES string of the molecule is CC(=O)N(CCC(=O)NCCN1CCOCC1)Cc1ccccc1F. The van der Waals surface area contributed by atoms with Crippen molar-refractivity contribution in [1.29, 1.82) is 0 Å². The topological polar surface area (TPSA) is 61.9 Å². The van der Waals surface area contributed by atoms with Gasteiger partial charge in [0.05, 0.1) is 13.2 Å². The molecule has 1 aliphatic heterocycles. The molecule has 2 amide bonds. The van der Waals surface area contributed by atoms with Gasteiger partial charge in [-0.3, -0.25) is 14.5 Å². The molecule has 1 aromatic rings. The van der Waals surface area contributed by atoms with E-state index in [1.807, 2.05) is 0 Å². The highest BCUT2D eigenvalue weighted by Gasteiger charge is 2.14. The Labute approximate surface area is 147 Å². The van der Waals surface area contributed by atoms with Crippen molar-refractivity contribution in [2.75, 3.05) is 45.9 Å². The maximum Gasteiger partial charge on any atom is 0.221 e. The summed E-state index contributed by atoms with van der Waals surface area (Å²) in [6, 6.07) is 6.35. The minimum Gasteiger partial charge on any atom is -0.379 e. The lowest BCUT2D eigenvalue weighted by Crippen LogP contribution is -2.41. The van der Waals surface area contributed by atoms with E-state index in [1.54, 1.807) is 18.2 Å². The predicted molar refractivity (Wildman–Crippen MR) is 92.4 cm³/mol. The average molecular weight is 351 g/mol. The van der Waals surface area contributed by atoms with E-state index in [0.717, 1.165) is 32.8 Å². The molecule has 0 saturated carbocycles. The van der Waals surface area contributed by atoms with Gasteiger partial charge in [-0.15, -0.1) is 0 Å². The molecule has 0 aromatic heterocycles. The summed E-state index contributed by atoms with van der Waals surface area (Å²) >= 11 is 0. The molecular formula is C18H26FN3O3. The monoisotopic (exact) mass is 351 g/mol. The molecule has 0 radical (unpaired) electrons. The highest BCUT2D eigenvalue weighted by molar-refractivity contribution is 5.78. The lowest BCUT2D eigenvalue weighted by Gasteiger charge is -2.26. The molecule has 138 valence electrons. The highest BCUT2D eigenvalue weighted by atomic mass is 19.1. The summed E-state index contributed by atoms with van der Waals surface area (Å²) in [5.41, 5.74) is 0.449. The number of ether oxygens (including phenoxy) is 1. The number of nitrogens with zero attached hydrogens (tertiary/aromatic N) is 2. The van der Waals surface area contributed by atoms with E-state index in [2.05, 4.69) is 10.2 Å². The van der Waals surface area contributed by atoms with Gasteiger partial charge in [-0.05, 0) is 6.07 Å². The molecule has 25 heavy (non-hydrogen) atoms. The zero-order chi connectivity index (χ0) is 18.1. The van der Waals surface area contributed by atoms with Crippen molar-refractivity contribution < 1.29 is 18.7 Å². The molecule has 0 spiro atoms. The van der Waals surface area contributed by atoms with Crippen LogP contribution < -0.4 is 5.32 Å². The number of hydrogen-bond donors (Lipinski definition) is 1. The quantitative estimate of drug-likeness (QED) is 0.759. The fraction of sp³-hybridized carbons (Fsp3) is 0.556. The summed E-state index contributed by atoms with van der Waals surface area (Å²) in [4.78, 5) is 27.4. The molecule has 1 aromatic carbocycles. The summed E-state index contributed by atoms with van der Waals surface area (Å²) in [5, 5.41) is 2.87. The van der Waals surface area contributed by atoms with Crippen LogP contribution in [0.3, 0.4) is 0 Å². The Hall–Kier alpha value is -1.99. The Morgan fingerprint density at radius 3 is 2.68 bits per heavy atom. The van der Waals surface area contributed by atoms with E-state index < -0.39 is 0 Å². The normalized spacial score (nSPS) is 15.0. The molecule has 1 aliphatic rings. The van der Waals surface area contributed by atoms with Gasteiger partial charge < -0.3 is 15.0 Å². The maximum absolute atomic E-state index is 13.7. The molecule has 2 rings (SSSR count). The first kappa shape index (κ1) is 19.3. The summed E-state index contributed by atoms with van der Waals surface area (Å²) in [5.74, 6) is -0.624. The van der Waals surface area contributed by atoms with Crippen molar-refractivity contribution in [1.82, 2.24) is 15.1 Å². The summed E-state index contributed by atoms with van der Waals surface area (Å²) in [7, 11) is 0. The van der Waals surface area contributed by atoms with Crippen LogP contribution in [0.15, 0.2) is 24.3 Å². The van der Waals surface area contributed by atoms with E-state index in [-0.39, 0.29) is 37.1 Å². The van der Waals surface area contributed by atoms with Crippen molar-refractivity contribution >= 4 is 11.8 Å². The fourth-order valence-corrected chi connectivity index (χ4v) is 2.68. The van der Waals surface area contributed by atoms with Gasteiger partial charge in [0, 0.05) is 58.2 Å². The third kappa shape index (κ3) is 6.80. The minimum absolute atomic E-state index is 0.104. The van der Waals surface area contributed by atoms with Crippen LogP contribution in [0.25, 0.3) is 0 Å². The number of rotatable bonds is 8. The highest BCUT2D eigenvalue weighted by Crippen LogP contribution is 2.10. The van der Waals surface area contributed by atoms with Gasteiger partial charge in [0.15, 0.2) is 0 Å². The van der Waals surface area contributed by atoms with Gasteiger partial charge in [0.25, 0.3) is 0 Å². The van der Waals surface area contributed by atoms with Crippen molar-refractivity contribution in [3.63, 3.8) is 0 Å². The third-order valence-corrected chi connectivity index (χ3v) is 4.23. The molecule has 1 saturated heterocycles. The van der Waals surface area contributed by atoms with E-state index in [9.17, 15) is 14.0 Å². The first-order valence-corrected chi connectivity index (χ1v) is 8.62. The van der Waals surface area contributed by atoms with Gasteiger partial charge in [-0.1, -0.05) is 18.2 Å². The number of carbonyl (C=O) groups is 2. The summed E-state index contributed by atoms with van der Waals surface area (Å²) < 4.78 is 19.0. The number of amides is 2. The van der Waals surface area contributed by atoms with Gasteiger partial charge in [0.1, 0.15) is 5.82 Å². The smallest absolute Gasteiger partial charge is 0.221 e. The van der Waals surface area contributed by atoms with E-state index in [0.29, 0.717) is 12.1 Å². The van der Waals surface area contributed by atoms with Gasteiger partial charge in [0.2, 0.25) is 11.8 Å². The lowest BCUT2D eigenvalue weighted by atomic mass is 10.2. The predicted octanol–water partition coefficient (Wildman–Crippen LogP) is 1.01. The van der Waals surface area contributed by atoms with Gasteiger partial charge >= 0.3 is 0 Å². The van der Waals surface area contributed by atoms with Crippen molar-refractivity contribution in [3.8, 4) is 0 Å². The fourth-order valence-electron chi connectivity index (χ4n) is 2.68. The molecule has 6 nitrogen and oxygen atoms in total. The molecule has 1 N–H and O–H groups in total. The van der Waals surface area contributed by atoms with Crippen LogP contribution >= 0.6 is 0 Å². The largest absolute Gasteiger partial charge is 0.379 e. The van der Waals surface area contributed by atoms with Crippen LogP contribution in [-0.4, -0.2) is 67.6 Å². The van der Waals surface area contributed by atoms with Crippen LogP contribution in [0, 0.1) is 5.82 Å². The van der Waals surface area contributed by atoms with Crippen molar-refractivity contribution in [2.24, 2.45) is 0 Å². The van der Waals surface area contributed by atoms with Crippen molar-refractivity contribution in [2.45, 2.75) is 19.9 Å². The molecule has 7 heteroatoms. The van der Waals surface area contributed by atoms with E-state index in [1.165, 1.54) is 17.9 Å². The molecule has 1 heterocycles. The second-order valence-electron chi connectivity index (χ2n) is 6.09. The zero-order valence-corrected chi connectivity index (χ0v) is 14.7. The second kappa shape index (κ2) is 10.1. The molecule has 1 fully saturated rings. The Kier molecular flexibility index (Phi) is 7.81. The molecular weight excluding hydrogens is 325 g/mol. The van der Waals surface area contributed by atoms with Crippen LogP contribution in [0.2, 0.25) is 0 Å². The first-order valence-electron chi connectivity index (χ1n) is 8.62. The van der Waals surface area contributed by atoms with Crippen LogP contribution in [0.5, 0.6) is 0 Å². The van der Waals surface area contributed by atoms with Crippen LogP contribution in [0.4, 0.5) is 4.39 Å². The number of morpholine rings is 1. The standard InChI is InChI=1S/C18H26FN3O3/c1-15(23)22(14-16-4-2-3-5-17(16)19)8-6-18(24)20-7-9-21-10-12-25-13-11-21/h2-5H,6-14H2,1H3,(H,20,24). The molecule has 0 unspecified atom stereocenters. The Balaban J connectivity index is 1.71. The number of carbonyl (C=O) groups excluding carboxylic acids is 2. The van der Waals surface area contributed by atoms with Crippen LogP contribution in [-0.2, 0) is 20.9 Å². The zero-order valence-electron chi connectivity index (χ0n) is 14.7. The lowest BCUT2D eigenvalue weighted by molar-refractivity contribution is -0.130. The van der Waals surface area contributed by atoms with Gasteiger partial charge in [-0.25, -0.2) is 4.39 Å². The Morgan fingerprint density at radius 1 is 1.28 bits per heavy atom. The van der Waals surface area contributed by atoms with Gasteiger partial charge in [-0.2, -0.15) is 0 Å². The third-order valence-electron chi connectivity index (χ3n) is 4.23. The molecule has 0 atom stereocenters. The molecule has 0 aliphatic carbocycles. The molecule has 0 bridgehead atoms. The average Bonchev–Trinajstić information content (AvgIpc) is 2.60.